The first-order chi connectivity index (χ1) is 20.9. The number of carbonyl (C=O) groups is 2. The predicted molar refractivity (Wildman–Crippen MR) is 162 cm³/mol. The van der Waals surface area contributed by atoms with E-state index in [9.17, 15) is 18.0 Å². The zero-order valence-electron chi connectivity index (χ0n) is 24.4. The normalized spacial score (nSPS) is 25.8. The molecule has 1 unspecified atom stereocenters. The second-order valence-corrected chi connectivity index (χ2v) is 14.7. The number of sulfonamides is 1. The molecule has 7 rings (SSSR count). The van der Waals surface area contributed by atoms with Gasteiger partial charge in [-0.3, -0.25) is 9.59 Å². The number of nitrogens with one attached hydrogen (secondary N) is 1. The minimum absolute atomic E-state index is 0.0256. The first-order valence-electron chi connectivity index (χ1n) is 15.1. The summed E-state index contributed by atoms with van der Waals surface area (Å²) in [5, 5.41) is 2.77. The minimum atomic E-state index is -3.80. The standard InChI is InChI=1S/C30H37ClF2N6O4S/c31-25-15-21(30(32,33)29-17-20(18-29)24(19-29)28(41)35-9-2-8-34)16-26(36-25)37-11-13-38(14-12-37)44(42,43)23-6-4-22(5-7-23)39-10-1-3-27(39)40/h4-7,15-16,20,24H,1-3,8-14,17-19,34H2,(H,35,41). The number of piperazine rings is 1. The van der Waals surface area contributed by atoms with Crippen LogP contribution in [0.3, 0.4) is 0 Å². The molecule has 44 heavy (non-hydrogen) atoms. The smallest absolute Gasteiger partial charge is 0.279 e. The van der Waals surface area contributed by atoms with Crippen molar-refractivity contribution in [3.05, 3.63) is 47.1 Å². The highest BCUT2D eigenvalue weighted by molar-refractivity contribution is 7.89. The van der Waals surface area contributed by atoms with Crippen LogP contribution in [0.5, 0.6) is 0 Å². The Morgan fingerprint density at radius 3 is 2.43 bits per heavy atom. The van der Waals surface area contributed by atoms with Crippen molar-refractivity contribution >= 4 is 44.9 Å². The fourth-order valence-electron chi connectivity index (χ4n) is 7.28. The van der Waals surface area contributed by atoms with Gasteiger partial charge in [-0.25, -0.2) is 22.2 Å². The van der Waals surface area contributed by atoms with Gasteiger partial charge in [0.05, 0.1) is 4.90 Å². The SMILES string of the molecule is NCCCNC(=O)C1CC2(C(F)(F)c3cc(Cl)nc(N4CCN(S(=O)(=O)c5ccc(N6CCCC6=O)cc5)CC4)c3)CC1C2. The van der Waals surface area contributed by atoms with Crippen molar-refractivity contribution in [2.75, 3.05) is 55.6 Å². The Morgan fingerprint density at radius 2 is 1.80 bits per heavy atom. The zero-order valence-corrected chi connectivity index (χ0v) is 25.9. The van der Waals surface area contributed by atoms with Crippen LogP contribution in [0.1, 0.15) is 44.1 Å². The summed E-state index contributed by atoms with van der Waals surface area (Å²) in [7, 11) is -3.80. The van der Waals surface area contributed by atoms with Gasteiger partial charge in [-0.05, 0) is 81.0 Å². The lowest BCUT2D eigenvalue weighted by atomic mass is 9.64. The molecule has 2 bridgehead atoms. The zero-order chi connectivity index (χ0) is 31.3. The fraction of sp³-hybridized carbons (Fsp3) is 0.567. The number of hydrogen-bond acceptors (Lipinski definition) is 7. The lowest BCUT2D eigenvalue weighted by Crippen LogP contribution is -2.49. The molecular weight excluding hydrogens is 614 g/mol. The first-order valence-corrected chi connectivity index (χ1v) is 17.0. The first kappa shape index (κ1) is 31.1. The van der Waals surface area contributed by atoms with Crippen LogP contribution in [0.15, 0.2) is 41.3 Å². The maximum absolute atomic E-state index is 16.1. The fourth-order valence-corrected chi connectivity index (χ4v) is 8.90. The second kappa shape index (κ2) is 11.8. The minimum Gasteiger partial charge on any atom is -0.356 e. The van der Waals surface area contributed by atoms with E-state index in [0.717, 1.165) is 6.42 Å². The lowest BCUT2D eigenvalue weighted by Gasteiger charge is -2.44. The number of benzene rings is 1. The molecule has 0 radical (unpaired) electrons. The molecule has 3 N–H and O–H groups in total. The van der Waals surface area contributed by atoms with Crippen LogP contribution in [0.2, 0.25) is 5.15 Å². The van der Waals surface area contributed by atoms with E-state index in [1.54, 1.807) is 21.9 Å². The molecule has 2 aromatic rings. The Hall–Kier alpha value is -2.87. The molecule has 2 aliphatic heterocycles. The molecule has 1 aromatic heterocycles. The van der Waals surface area contributed by atoms with Gasteiger partial charge in [0.25, 0.3) is 5.92 Å². The van der Waals surface area contributed by atoms with Crippen LogP contribution in [0, 0.1) is 17.3 Å². The summed E-state index contributed by atoms with van der Waals surface area (Å²) < 4.78 is 60.4. The third kappa shape index (κ3) is 5.45. The summed E-state index contributed by atoms with van der Waals surface area (Å²) in [5.74, 6) is -3.61. The van der Waals surface area contributed by atoms with Crippen molar-refractivity contribution in [2.45, 2.75) is 49.3 Å². The molecule has 3 saturated carbocycles. The summed E-state index contributed by atoms with van der Waals surface area (Å²) >= 11 is 6.26. The highest BCUT2D eigenvalue weighted by Gasteiger charge is 2.69. The van der Waals surface area contributed by atoms with E-state index in [-0.39, 0.29) is 84.6 Å². The highest BCUT2D eigenvalue weighted by atomic mass is 35.5. The van der Waals surface area contributed by atoms with Gasteiger partial charge in [0.2, 0.25) is 21.8 Å². The largest absolute Gasteiger partial charge is 0.356 e. The van der Waals surface area contributed by atoms with Gasteiger partial charge in [0.15, 0.2) is 0 Å². The molecule has 5 fully saturated rings. The van der Waals surface area contributed by atoms with Crippen molar-refractivity contribution in [3.63, 3.8) is 0 Å². The molecule has 2 saturated heterocycles. The molecule has 238 valence electrons. The summed E-state index contributed by atoms with van der Waals surface area (Å²) in [6, 6.07) is 8.87. The van der Waals surface area contributed by atoms with Gasteiger partial charge in [0, 0.05) is 68.3 Å². The van der Waals surface area contributed by atoms with Crippen molar-refractivity contribution < 1.29 is 26.8 Å². The average molecular weight is 651 g/mol. The number of pyridine rings is 1. The van der Waals surface area contributed by atoms with Crippen LogP contribution < -0.4 is 20.9 Å². The van der Waals surface area contributed by atoms with Crippen molar-refractivity contribution in [3.8, 4) is 0 Å². The van der Waals surface area contributed by atoms with E-state index in [1.807, 2.05) is 0 Å². The summed E-state index contributed by atoms with van der Waals surface area (Å²) in [4.78, 5) is 32.5. The third-order valence-corrected chi connectivity index (χ3v) is 11.8. The maximum atomic E-state index is 16.1. The van der Waals surface area contributed by atoms with Crippen LogP contribution in [-0.4, -0.2) is 75.3 Å². The molecule has 3 aliphatic carbocycles. The van der Waals surface area contributed by atoms with Gasteiger partial charge >= 0.3 is 0 Å². The van der Waals surface area contributed by atoms with Gasteiger partial charge in [-0.15, -0.1) is 0 Å². The van der Waals surface area contributed by atoms with Crippen molar-refractivity contribution in [1.29, 1.82) is 0 Å². The van der Waals surface area contributed by atoms with Gasteiger partial charge in [-0.1, -0.05) is 11.6 Å². The number of fused-ring (bicyclic) bond motifs is 1. The maximum Gasteiger partial charge on any atom is 0.279 e. The lowest BCUT2D eigenvalue weighted by molar-refractivity contribution is -0.161. The molecule has 0 spiro atoms. The van der Waals surface area contributed by atoms with Crippen molar-refractivity contribution in [1.82, 2.24) is 14.6 Å². The molecule has 1 atom stereocenters. The Morgan fingerprint density at radius 1 is 1.09 bits per heavy atom. The monoisotopic (exact) mass is 650 g/mol. The number of rotatable bonds is 10. The molecule has 2 amide bonds. The Balaban J connectivity index is 1.12. The molecular formula is C30H37ClF2N6O4S. The Bertz CT molecular complexity index is 1530. The number of carbonyl (C=O) groups excluding carboxylic acids is 2. The summed E-state index contributed by atoms with van der Waals surface area (Å²) in [6.45, 7) is 2.28. The third-order valence-electron chi connectivity index (χ3n) is 9.73. The number of hydrogen-bond donors (Lipinski definition) is 2. The van der Waals surface area contributed by atoms with Crippen LogP contribution >= 0.6 is 11.6 Å². The molecule has 5 aliphatic rings. The van der Waals surface area contributed by atoms with E-state index in [1.165, 1.54) is 28.6 Å². The highest BCUT2D eigenvalue weighted by Crippen LogP contribution is 2.70. The number of amides is 2. The molecule has 1 aromatic carbocycles. The predicted octanol–water partition coefficient (Wildman–Crippen LogP) is 3.35. The van der Waals surface area contributed by atoms with E-state index in [2.05, 4.69) is 10.3 Å². The summed E-state index contributed by atoms with van der Waals surface area (Å²) in [6.07, 6.45) is 2.56. The van der Waals surface area contributed by atoms with Crippen molar-refractivity contribution in [2.24, 2.45) is 23.0 Å². The van der Waals surface area contributed by atoms with E-state index < -0.39 is 27.3 Å². The number of nitrogens with zero attached hydrogens (tertiary/aromatic N) is 4. The van der Waals surface area contributed by atoms with E-state index in [4.69, 9.17) is 17.3 Å². The second-order valence-electron chi connectivity index (χ2n) is 12.3. The number of halogens is 3. The van der Waals surface area contributed by atoms with Gasteiger partial charge < -0.3 is 20.9 Å². The van der Waals surface area contributed by atoms with E-state index >= 15 is 8.78 Å². The molecule has 10 nitrogen and oxygen atoms in total. The number of nitrogens with two attached hydrogens (primary N) is 1. The number of alkyl halides is 2. The van der Waals surface area contributed by atoms with Gasteiger partial charge in [-0.2, -0.15) is 4.31 Å². The topological polar surface area (TPSA) is 129 Å². The van der Waals surface area contributed by atoms with Gasteiger partial charge in [0.1, 0.15) is 11.0 Å². The Labute approximate surface area is 261 Å². The number of anilines is 2. The Kier molecular flexibility index (Phi) is 8.35. The number of aromatic nitrogens is 1. The summed E-state index contributed by atoms with van der Waals surface area (Å²) in [5.41, 5.74) is 4.62. The molecule has 14 heteroatoms. The molecule has 3 heterocycles. The van der Waals surface area contributed by atoms with Crippen LogP contribution in [0.25, 0.3) is 0 Å². The van der Waals surface area contributed by atoms with Crippen LogP contribution in [0.4, 0.5) is 20.3 Å². The average Bonchev–Trinajstić information content (AvgIpc) is 3.71. The van der Waals surface area contributed by atoms with E-state index in [0.29, 0.717) is 38.2 Å². The van der Waals surface area contributed by atoms with Crippen LogP contribution in [-0.2, 0) is 25.5 Å². The quantitative estimate of drug-likeness (QED) is 0.298.